The van der Waals surface area contributed by atoms with Crippen LogP contribution in [-0.2, 0) is 27.5 Å². The molecule has 0 unspecified atom stereocenters. The first kappa shape index (κ1) is 29.1. The minimum absolute atomic E-state index is 0.00921. The van der Waals surface area contributed by atoms with E-state index in [2.05, 4.69) is 20.4 Å². The molecular weight excluding hydrogens is 562 g/mol. The fourth-order valence-corrected chi connectivity index (χ4v) is 6.56. The number of carbonyl (C=O) groups excluding carboxylic acids is 2. The van der Waals surface area contributed by atoms with Crippen molar-refractivity contribution in [1.82, 2.24) is 14.9 Å². The maximum absolute atomic E-state index is 13.3. The number of methoxy groups -OCH3 is 1. The summed E-state index contributed by atoms with van der Waals surface area (Å²) in [6.07, 6.45) is 4.88. The van der Waals surface area contributed by atoms with E-state index in [9.17, 15) is 9.59 Å². The zero-order valence-corrected chi connectivity index (χ0v) is 25.3. The summed E-state index contributed by atoms with van der Waals surface area (Å²) in [6.45, 7) is 6.21. The lowest BCUT2D eigenvalue weighted by molar-refractivity contribution is -0.113. The number of amides is 2. The fourth-order valence-electron chi connectivity index (χ4n) is 4.91. The summed E-state index contributed by atoms with van der Waals surface area (Å²) in [7, 11) is 1.64. The third-order valence-electron chi connectivity index (χ3n) is 6.86. The molecule has 0 bridgehead atoms. The predicted molar refractivity (Wildman–Crippen MR) is 161 cm³/mol. The van der Waals surface area contributed by atoms with Gasteiger partial charge in [0.1, 0.15) is 27.7 Å². The molecule has 2 amide bonds. The van der Waals surface area contributed by atoms with E-state index in [0.717, 1.165) is 51.6 Å². The van der Waals surface area contributed by atoms with Gasteiger partial charge in [-0.3, -0.25) is 9.69 Å². The van der Waals surface area contributed by atoms with Crippen molar-refractivity contribution in [2.24, 2.45) is 11.1 Å². The Morgan fingerprint density at radius 2 is 1.98 bits per heavy atom. The number of nitrogens with one attached hydrogen (secondary N) is 1. The van der Waals surface area contributed by atoms with E-state index in [-0.39, 0.29) is 24.0 Å². The Kier molecular flexibility index (Phi) is 8.98. The van der Waals surface area contributed by atoms with Crippen LogP contribution in [0.1, 0.15) is 57.2 Å². The minimum Gasteiger partial charge on any atom is -0.494 e. The number of fused-ring (bicyclic) bond motifs is 2. The maximum Gasteiger partial charge on any atom is 0.410 e. The summed E-state index contributed by atoms with van der Waals surface area (Å²) in [6, 6.07) is 9.73. The Morgan fingerprint density at radius 3 is 2.73 bits per heavy atom. The maximum atomic E-state index is 13.3. The monoisotopic (exact) mass is 597 g/mol. The van der Waals surface area contributed by atoms with Crippen molar-refractivity contribution in [2.75, 3.05) is 18.2 Å². The van der Waals surface area contributed by atoms with Gasteiger partial charge in [0.15, 0.2) is 6.61 Å². The van der Waals surface area contributed by atoms with E-state index in [1.165, 1.54) is 11.8 Å². The zero-order valence-electron chi connectivity index (χ0n) is 23.7. The van der Waals surface area contributed by atoms with Gasteiger partial charge in [-0.1, -0.05) is 11.2 Å². The highest BCUT2D eigenvalue weighted by atomic mass is 32.2. The normalized spacial score (nSPS) is 19.1. The van der Waals surface area contributed by atoms with E-state index >= 15 is 0 Å². The molecule has 10 nitrogen and oxygen atoms in total. The van der Waals surface area contributed by atoms with Gasteiger partial charge in [0.25, 0.3) is 0 Å². The predicted octanol–water partition coefficient (Wildman–Crippen LogP) is 6.24. The third-order valence-corrected chi connectivity index (χ3v) is 8.90. The van der Waals surface area contributed by atoms with Crippen LogP contribution in [0.3, 0.4) is 0 Å². The second-order valence-electron chi connectivity index (χ2n) is 11.1. The smallest absolute Gasteiger partial charge is 0.410 e. The molecule has 0 saturated heterocycles. The molecule has 1 aromatic carbocycles. The van der Waals surface area contributed by atoms with Crippen molar-refractivity contribution in [3.63, 3.8) is 0 Å². The molecule has 12 heteroatoms. The lowest BCUT2D eigenvalue weighted by Gasteiger charge is -2.37. The van der Waals surface area contributed by atoms with Crippen molar-refractivity contribution < 1.29 is 23.9 Å². The van der Waals surface area contributed by atoms with Crippen LogP contribution in [0.15, 0.2) is 40.4 Å². The number of anilines is 1. The number of oxime groups is 1. The highest BCUT2D eigenvalue weighted by Crippen LogP contribution is 2.33. The molecule has 1 aliphatic heterocycles. The van der Waals surface area contributed by atoms with Gasteiger partial charge in [-0.15, -0.1) is 23.1 Å². The number of benzene rings is 1. The van der Waals surface area contributed by atoms with E-state index in [4.69, 9.17) is 14.3 Å². The summed E-state index contributed by atoms with van der Waals surface area (Å²) in [5.41, 5.74) is 0.936. The van der Waals surface area contributed by atoms with Crippen molar-refractivity contribution >= 4 is 57.3 Å². The van der Waals surface area contributed by atoms with E-state index in [0.29, 0.717) is 30.4 Å². The van der Waals surface area contributed by atoms with Crippen molar-refractivity contribution in [3.05, 3.63) is 41.0 Å². The number of pyridine rings is 1. The van der Waals surface area contributed by atoms with Crippen LogP contribution in [0.4, 0.5) is 10.6 Å². The lowest BCUT2D eigenvalue weighted by atomic mass is 9.86. The van der Waals surface area contributed by atoms with Crippen molar-refractivity contribution in [2.45, 2.75) is 76.1 Å². The van der Waals surface area contributed by atoms with Crippen LogP contribution in [-0.4, -0.2) is 57.6 Å². The minimum atomic E-state index is -0.612. The topological polar surface area (TPSA) is 115 Å². The first-order valence-corrected chi connectivity index (χ1v) is 15.5. The van der Waals surface area contributed by atoms with Crippen LogP contribution < -0.4 is 10.1 Å². The van der Waals surface area contributed by atoms with Gasteiger partial charge >= 0.3 is 6.09 Å². The van der Waals surface area contributed by atoms with Gasteiger partial charge in [-0.2, -0.15) is 0 Å². The number of hydrogen-bond donors (Lipinski definition) is 1. The molecule has 5 rings (SSSR count). The fraction of sp³-hybridized carbons (Fsp3) is 0.483. The van der Waals surface area contributed by atoms with Gasteiger partial charge in [0.2, 0.25) is 5.91 Å². The van der Waals surface area contributed by atoms with Gasteiger partial charge in [-0.05, 0) is 76.6 Å². The molecule has 0 radical (unpaired) electrons. The van der Waals surface area contributed by atoms with Gasteiger partial charge in [0, 0.05) is 12.3 Å². The largest absolute Gasteiger partial charge is 0.494 e. The molecule has 0 spiro atoms. The number of thioether (sulfide) groups is 1. The second kappa shape index (κ2) is 12.6. The molecule has 3 heterocycles. The van der Waals surface area contributed by atoms with Gasteiger partial charge in [-0.25, -0.2) is 14.8 Å². The second-order valence-corrected chi connectivity index (χ2v) is 13.2. The van der Waals surface area contributed by atoms with Crippen LogP contribution >= 0.6 is 23.1 Å². The van der Waals surface area contributed by atoms with E-state index < -0.39 is 5.60 Å². The Bertz CT molecular complexity index is 1430. The number of hydrogen-bond acceptors (Lipinski definition) is 10. The first-order valence-electron chi connectivity index (χ1n) is 13.7. The van der Waals surface area contributed by atoms with Crippen molar-refractivity contribution in [3.8, 4) is 5.75 Å². The molecule has 2 aromatic heterocycles. The molecule has 1 saturated carbocycles. The zero-order chi connectivity index (χ0) is 29.0. The van der Waals surface area contributed by atoms with Crippen LogP contribution in [0.2, 0.25) is 0 Å². The lowest BCUT2D eigenvalue weighted by Crippen LogP contribution is -2.44. The highest BCUT2D eigenvalue weighted by molar-refractivity contribution is 8.00. The third kappa shape index (κ3) is 7.48. The molecular formula is C29H35N5O5S2. The molecule has 1 fully saturated rings. The molecule has 218 valence electrons. The standard InChI is InChI=1S/C29H35N5O5S2/c1-29(2,3)39-28(36)34(15-19-10-13-23-27(31-19)32-24(35)17-40-23)20-11-8-18(9-12-20)14-30-38-16-25-33-26-21(37-4)6-5-7-22(26)41-25/h5-7,10,13-14,18,20H,8-9,11-12,15-17H2,1-4H3,(H,31,32,35)/b30-14+. The highest BCUT2D eigenvalue weighted by Gasteiger charge is 2.32. The number of aromatic nitrogens is 2. The van der Waals surface area contributed by atoms with Crippen molar-refractivity contribution in [1.29, 1.82) is 0 Å². The van der Waals surface area contributed by atoms with E-state index in [1.54, 1.807) is 23.3 Å². The quantitative estimate of drug-likeness (QED) is 0.240. The number of carbonyl (C=O) groups is 2. The number of para-hydroxylation sites is 1. The number of nitrogens with zero attached hydrogens (tertiary/aromatic N) is 4. The average Bonchev–Trinajstić information content (AvgIpc) is 3.36. The Labute approximate surface area is 247 Å². The Morgan fingerprint density at radius 1 is 1.17 bits per heavy atom. The average molecular weight is 598 g/mol. The first-order chi connectivity index (χ1) is 19.7. The summed E-state index contributed by atoms with van der Waals surface area (Å²) in [5.74, 6) is 1.88. The molecule has 3 aromatic rings. The number of rotatable bonds is 8. The van der Waals surface area contributed by atoms with Crippen LogP contribution in [0, 0.1) is 5.92 Å². The number of ether oxygens (including phenoxy) is 2. The summed E-state index contributed by atoms with van der Waals surface area (Å²) in [4.78, 5) is 42.7. The summed E-state index contributed by atoms with van der Waals surface area (Å²) < 4.78 is 12.2. The SMILES string of the molecule is COc1cccc2sc(CO/N=C/C3CCC(N(Cc4ccc5c(n4)NC(=O)CS5)C(=O)OC(C)(C)C)CC3)nc12. The Balaban J connectivity index is 1.18. The van der Waals surface area contributed by atoms with Gasteiger partial charge < -0.3 is 19.6 Å². The molecule has 41 heavy (non-hydrogen) atoms. The molecule has 0 atom stereocenters. The molecule has 1 aliphatic carbocycles. The number of thiazole rings is 1. The molecule has 2 aliphatic rings. The van der Waals surface area contributed by atoms with Gasteiger partial charge in [0.05, 0.1) is 34.7 Å². The van der Waals surface area contributed by atoms with Crippen LogP contribution in [0.25, 0.3) is 10.2 Å². The summed E-state index contributed by atoms with van der Waals surface area (Å²) >= 11 is 3.03. The summed E-state index contributed by atoms with van der Waals surface area (Å²) in [5, 5.41) is 7.90. The van der Waals surface area contributed by atoms with E-state index in [1.807, 2.05) is 57.3 Å². The Hall–Kier alpha value is -3.38. The van der Waals surface area contributed by atoms with Crippen LogP contribution in [0.5, 0.6) is 5.75 Å². The molecule has 1 N–H and O–H groups in total.